The fraction of sp³-hybridized carbons (Fsp3) is 0.158. The van der Waals surface area contributed by atoms with Crippen molar-refractivity contribution in [1.82, 2.24) is 9.97 Å². The summed E-state index contributed by atoms with van der Waals surface area (Å²) < 4.78 is 10.5. The number of hydrogen-bond acceptors (Lipinski definition) is 8. The molecule has 29 heavy (non-hydrogen) atoms. The van der Waals surface area contributed by atoms with Gasteiger partial charge >= 0.3 is 5.69 Å². The van der Waals surface area contributed by atoms with Crippen molar-refractivity contribution in [3.63, 3.8) is 0 Å². The highest BCUT2D eigenvalue weighted by molar-refractivity contribution is 6.30. The largest absolute Gasteiger partial charge is 0.497 e. The van der Waals surface area contributed by atoms with Gasteiger partial charge in [0.05, 0.1) is 24.8 Å². The lowest BCUT2D eigenvalue weighted by molar-refractivity contribution is -0.383. The fourth-order valence-electron chi connectivity index (χ4n) is 2.66. The molecule has 0 unspecified atom stereocenters. The highest BCUT2D eigenvalue weighted by Crippen LogP contribution is 2.37. The molecule has 0 aliphatic heterocycles. The summed E-state index contributed by atoms with van der Waals surface area (Å²) in [4.78, 5) is 19.3. The number of nitrogens with zero attached hydrogens (tertiary/aromatic N) is 3. The van der Waals surface area contributed by atoms with Crippen molar-refractivity contribution in [3.05, 3.63) is 63.4 Å². The van der Waals surface area contributed by atoms with E-state index >= 15 is 0 Å². The van der Waals surface area contributed by atoms with Gasteiger partial charge in [-0.2, -0.15) is 0 Å². The highest BCUT2D eigenvalue weighted by atomic mass is 35.5. The topological polar surface area (TPSA) is 111 Å². The van der Waals surface area contributed by atoms with Crippen LogP contribution in [0.4, 0.5) is 28.7 Å². The standard InChI is InChI=1S/C19H18ClN5O4/c1-11-8-12(20)4-6-14(11)23-18-17(25(26)27)19(22-10-21-18)24-15-7-5-13(28-2)9-16(15)29-3/h4-10H,1-3H3,(H2,21,22,23,24). The lowest BCUT2D eigenvalue weighted by Crippen LogP contribution is -2.06. The summed E-state index contributed by atoms with van der Waals surface area (Å²) in [5.74, 6) is 1.10. The van der Waals surface area contributed by atoms with E-state index in [4.69, 9.17) is 21.1 Å². The molecule has 1 heterocycles. The molecule has 2 aromatic carbocycles. The first-order valence-electron chi connectivity index (χ1n) is 8.44. The third kappa shape index (κ3) is 4.46. The second kappa shape index (κ2) is 8.61. The lowest BCUT2D eigenvalue weighted by Gasteiger charge is -2.14. The zero-order chi connectivity index (χ0) is 21.0. The van der Waals surface area contributed by atoms with Gasteiger partial charge in [-0.1, -0.05) is 11.6 Å². The molecule has 1 aromatic heterocycles. The van der Waals surface area contributed by atoms with Crippen LogP contribution in [0, 0.1) is 17.0 Å². The van der Waals surface area contributed by atoms with Crippen LogP contribution in [0.3, 0.4) is 0 Å². The van der Waals surface area contributed by atoms with Crippen LogP contribution in [-0.2, 0) is 0 Å². The average Bonchev–Trinajstić information content (AvgIpc) is 2.70. The predicted molar refractivity (Wildman–Crippen MR) is 111 cm³/mol. The Morgan fingerprint density at radius 3 is 2.24 bits per heavy atom. The van der Waals surface area contributed by atoms with Crippen molar-refractivity contribution >= 4 is 40.3 Å². The minimum Gasteiger partial charge on any atom is -0.497 e. The molecule has 0 bridgehead atoms. The monoisotopic (exact) mass is 415 g/mol. The minimum absolute atomic E-state index is 0.0163. The van der Waals surface area contributed by atoms with Crippen molar-refractivity contribution in [2.45, 2.75) is 6.92 Å². The molecule has 150 valence electrons. The van der Waals surface area contributed by atoms with Crippen molar-refractivity contribution in [1.29, 1.82) is 0 Å². The van der Waals surface area contributed by atoms with Crippen molar-refractivity contribution < 1.29 is 14.4 Å². The maximum Gasteiger partial charge on any atom is 0.353 e. The number of methoxy groups -OCH3 is 2. The van der Waals surface area contributed by atoms with Crippen LogP contribution in [0.5, 0.6) is 11.5 Å². The molecule has 10 heteroatoms. The van der Waals surface area contributed by atoms with Gasteiger partial charge in [-0.05, 0) is 42.8 Å². The average molecular weight is 416 g/mol. The Hall–Kier alpha value is -3.59. The summed E-state index contributed by atoms with van der Waals surface area (Å²) in [5, 5.41) is 18.3. The Labute approximate surface area is 171 Å². The van der Waals surface area contributed by atoms with E-state index in [2.05, 4.69) is 20.6 Å². The van der Waals surface area contributed by atoms with Crippen LogP contribution in [0.1, 0.15) is 5.56 Å². The Balaban J connectivity index is 2.00. The predicted octanol–water partition coefficient (Wildman–Crippen LogP) is 4.85. The molecule has 0 aliphatic rings. The van der Waals surface area contributed by atoms with Crippen molar-refractivity contribution in [3.8, 4) is 11.5 Å². The molecule has 0 spiro atoms. The van der Waals surface area contributed by atoms with Crippen LogP contribution in [0.25, 0.3) is 0 Å². The molecule has 0 fully saturated rings. The van der Waals surface area contributed by atoms with Crippen LogP contribution in [0.2, 0.25) is 5.02 Å². The quantitative estimate of drug-likeness (QED) is 0.416. The molecular weight excluding hydrogens is 398 g/mol. The summed E-state index contributed by atoms with van der Waals surface area (Å²) >= 11 is 5.97. The number of benzene rings is 2. The third-order valence-electron chi connectivity index (χ3n) is 4.11. The van der Waals surface area contributed by atoms with Gasteiger partial charge in [0.25, 0.3) is 0 Å². The molecule has 0 atom stereocenters. The minimum atomic E-state index is -0.550. The molecule has 0 saturated carbocycles. The fourth-order valence-corrected chi connectivity index (χ4v) is 2.89. The first kappa shape index (κ1) is 20.2. The van der Waals surface area contributed by atoms with Gasteiger partial charge in [-0.15, -0.1) is 0 Å². The van der Waals surface area contributed by atoms with E-state index in [9.17, 15) is 10.1 Å². The SMILES string of the molecule is COc1ccc(Nc2ncnc(Nc3ccc(Cl)cc3C)c2[N+](=O)[O-])c(OC)c1. The van der Waals surface area contributed by atoms with E-state index in [1.165, 1.54) is 20.5 Å². The van der Waals surface area contributed by atoms with E-state index in [0.717, 1.165) is 5.56 Å². The molecule has 0 amide bonds. The second-order valence-corrected chi connectivity index (χ2v) is 6.39. The number of hydrogen-bond donors (Lipinski definition) is 2. The van der Waals surface area contributed by atoms with Crippen molar-refractivity contribution in [2.24, 2.45) is 0 Å². The summed E-state index contributed by atoms with van der Waals surface area (Å²) in [6, 6.07) is 10.2. The normalized spacial score (nSPS) is 10.3. The number of nitrogens with one attached hydrogen (secondary N) is 2. The van der Waals surface area contributed by atoms with Crippen molar-refractivity contribution in [2.75, 3.05) is 24.9 Å². The molecule has 0 aliphatic carbocycles. The number of anilines is 4. The zero-order valence-corrected chi connectivity index (χ0v) is 16.6. The van der Waals surface area contributed by atoms with E-state index in [0.29, 0.717) is 27.9 Å². The summed E-state index contributed by atoms with van der Waals surface area (Å²) in [6.07, 6.45) is 1.24. The van der Waals surface area contributed by atoms with Gasteiger partial charge in [-0.3, -0.25) is 10.1 Å². The van der Waals surface area contributed by atoms with E-state index < -0.39 is 4.92 Å². The second-order valence-electron chi connectivity index (χ2n) is 5.95. The molecule has 2 N–H and O–H groups in total. The number of ether oxygens (including phenoxy) is 2. The molecule has 0 radical (unpaired) electrons. The molecule has 3 aromatic rings. The van der Waals surface area contributed by atoms with Gasteiger partial charge in [0.15, 0.2) is 0 Å². The molecule has 0 saturated heterocycles. The first-order chi connectivity index (χ1) is 13.9. The first-order valence-corrected chi connectivity index (χ1v) is 8.82. The molecular formula is C19H18ClN5O4. The summed E-state index contributed by atoms with van der Waals surface area (Å²) in [6.45, 7) is 1.84. The van der Waals surface area contributed by atoms with Crippen LogP contribution in [0.15, 0.2) is 42.7 Å². The van der Waals surface area contributed by atoms with E-state index in [-0.39, 0.29) is 17.3 Å². The van der Waals surface area contributed by atoms with Gasteiger partial charge in [0.1, 0.15) is 17.8 Å². The number of aromatic nitrogens is 2. The summed E-state index contributed by atoms with van der Waals surface area (Å²) in [5.41, 5.74) is 1.64. The third-order valence-corrected chi connectivity index (χ3v) is 4.34. The van der Waals surface area contributed by atoms with Crippen LogP contribution >= 0.6 is 11.6 Å². The van der Waals surface area contributed by atoms with Crippen LogP contribution < -0.4 is 20.1 Å². The van der Waals surface area contributed by atoms with E-state index in [1.54, 1.807) is 36.4 Å². The Morgan fingerprint density at radius 2 is 1.66 bits per heavy atom. The Morgan fingerprint density at radius 1 is 1.00 bits per heavy atom. The maximum absolute atomic E-state index is 11.8. The summed E-state index contributed by atoms with van der Waals surface area (Å²) in [7, 11) is 3.03. The lowest BCUT2D eigenvalue weighted by atomic mass is 10.2. The van der Waals surface area contributed by atoms with E-state index in [1.807, 2.05) is 6.92 Å². The number of nitro groups is 1. The molecule has 9 nitrogen and oxygen atoms in total. The zero-order valence-electron chi connectivity index (χ0n) is 15.9. The van der Waals surface area contributed by atoms with Gasteiger partial charge in [0.2, 0.25) is 11.6 Å². The molecule has 3 rings (SSSR count). The van der Waals surface area contributed by atoms with Crippen LogP contribution in [-0.4, -0.2) is 29.1 Å². The maximum atomic E-state index is 11.8. The smallest absolute Gasteiger partial charge is 0.353 e. The highest BCUT2D eigenvalue weighted by Gasteiger charge is 2.24. The number of aryl methyl sites for hydroxylation is 1. The Bertz CT molecular complexity index is 1060. The Kier molecular flexibility index (Phi) is 5.99. The van der Waals surface area contributed by atoms with Gasteiger partial charge < -0.3 is 20.1 Å². The number of rotatable bonds is 7. The number of halogens is 1. The van der Waals surface area contributed by atoms with Gasteiger partial charge in [-0.25, -0.2) is 9.97 Å². The van der Waals surface area contributed by atoms with Gasteiger partial charge in [0, 0.05) is 16.8 Å².